The lowest BCUT2D eigenvalue weighted by Gasteiger charge is -2.04. The average molecular weight is 171 g/mol. The maximum Gasteiger partial charge on any atom is 0.0648 e. The Balaban J connectivity index is 2.49. The van der Waals surface area contributed by atoms with Gasteiger partial charge in [-0.05, 0) is 37.1 Å². The van der Waals surface area contributed by atoms with Gasteiger partial charge in [0.25, 0.3) is 0 Å². The highest BCUT2D eigenvalue weighted by Crippen LogP contribution is 2.12. The second kappa shape index (κ2) is 3.05. The molecule has 0 saturated heterocycles. The summed E-state index contributed by atoms with van der Waals surface area (Å²) < 4.78 is 1.81. The molecule has 0 saturated carbocycles. The second-order valence-electron chi connectivity index (χ2n) is 3.15. The number of hydrogen-bond acceptors (Lipinski definition) is 1. The van der Waals surface area contributed by atoms with Crippen LogP contribution >= 0.6 is 0 Å². The Morgan fingerprint density at radius 3 is 2.69 bits per heavy atom. The fraction of sp³-hybridized carbons (Fsp3) is 0.182. The molecule has 1 aromatic heterocycles. The van der Waals surface area contributed by atoms with Gasteiger partial charge in [0.05, 0.1) is 11.9 Å². The summed E-state index contributed by atoms with van der Waals surface area (Å²) in [5.41, 5.74) is 3.68. The van der Waals surface area contributed by atoms with E-state index in [-0.39, 0.29) is 0 Å². The molecular formula is C11H11N2. The first kappa shape index (κ1) is 8.05. The predicted molar refractivity (Wildman–Crippen MR) is 51.9 cm³/mol. The summed E-state index contributed by atoms with van der Waals surface area (Å²) in [5, 5.41) is 4.12. The Hall–Kier alpha value is -1.57. The highest BCUT2D eigenvalue weighted by atomic mass is 15.3. The van der Waals surface area contributed by atoms with E-state index in [4.69, 9.17) is 0 Å². The van der Waals surface area contributed by atoms with Crippen molar-refractivity contribution < 1.29 is 0 Å². The molecule has 13 heavy (non-hydrogen) atoms. The zero-order chi connectivity index (χ0) is 9.26. The third kappa shape index (κ3) is 1.47. The molecule has 0 N–H and O–H groups in total. The maximum absolute atomic E-state index is 4.12. The number of hydrogen-bond donors (Lipinski definition) is 0. The topological polar surface area (TPSA) is 17.8 Å². The smallest absolute Gasteiger partial charge is 0.0648 e. The van der Waals surface area contributed by atoms with Crippen LogP contribution in [0.15, 0.2) is 30.6 Å². The second-order valence-corrected chi connectivity index (χ2v) is 3.15. The van der Waals surface area contributed by atoms with Crippen LogP contribution < -0.4 is 0 Å². The molecule has 0 aliphatic carbocycles. The first-order valence-corrected chi connectivity index (χ1v) is 4.26. The van der Waals surface area contributed by atoms with Crippen LogP contribution in [-0.4, -0.2) is 9.78 Å². The van der Waals surface area contributed by atoms with Crippen molar-refractivity contribution in [3.63, 3.8) is 0 Å². The maximum atomic E-state index is 4.12. The molecular weight excluding hydrogens is 160 g/mol. The highest BCUT2D eigenvalue weighted by Gasteiger charge is 1.97. The van der Waals surface area contributed by atoms with Crippen LogP contribution in [0.2, 0.25) is 0 Å². The van der Waals surface area contributed by atoms with Crippen molar-refractivity contribution in [2.45, 2.75) is 13.8 Å². The van der Waals surface area contributed by atoms with E-state index in [2.05, 4.69) is 43.2 Å². The molecule has 0 amide bonds. The molecule has 2 rings (SSSR count). The molecule has 0 atom stereocenters. The quantitative estimate of drug-likeness (QED) is 0.643. The van der Waals surface area contributed by atoms with Gasteiger partial charge in [0.2, 0.25) is 0 Å². The number of benzene rings is 1. The van der Waals surface area contributed by atoms with Gasteiger partial charge in [-0.3, -0.25) is 0 Å². The van der Waals surface area contributed by atoms with Crippen molar-refractivity contribution >= 4 is 0 Å². The third-order valence-electron chi connectivity index (χ3n) is 2.21. The van der Waals surface area contributed by atoms with E-state index in [1.165, 1.54) is 11.1 Å². The molecule has 1 heterocycles. The molecule has 0 spiro atoms. The van der Waals surface area contributed by atoms with Crippen molar-refractivity contribution in [3.8, 4) is 5.69 Å². The van der Waals surface area contributed by atoms with Crippen molar-refractivity contribution in [3.05, 3.63) is 47.8 Å². The summed E-state index contributed by atoms with van der Waals surface area (Å²) in [7, 11) is 0. The predicted octanol–water partition coefficient (Wildman–Crippen LogP) is 2.29. The lowest BCUT2D eigenvalue weighted by Crippen LogP contribution is -1.95. The van der Waals surface area contributed by atoms with Crippen molar-refractivity contribution in [2.75, 3.05) is 0 Å². The Labute approximate surface area is 77.8 Å². The minimum absolute atomic E-state index is 1.09. The van der Waals surface area contributed by atoms with E-state index in [9.17, 15) is 0 Å². The van der Waals surface area contributed by atoms with E-state index in [1.807, 2.05) is 10.9 Å². The molecule has 2 aromatic rings. The summed E-state index contributed by atoms with van der Waals surface area (Å²) >= 11 is 0. The molecule has 2 heteroatoms. The monoisotopic (exact) mass is 171 g/mol. The Kier molecular flexibility index (Phi) is 1.89. The van der Waals surface area contributed by atoms with Gasteiger partial charge in [0.15, 0.2) is 0 Å². The highest BCUT2D eigenvalue weighted by molar-refractivity contribution is 5.38. The van der Waals surface area contributed by atoms with Gasteiger partial charge in [-0.15, -0.1) is 0 Å². The summed E-state index contributed by atoms with van der Waals surface area (Å²) in [6, 6.07) is 9.20. The van der Waals surface area contributed by atoms with E-state index in [0.717, 1.165) is 5.69 Å². The van der Waals surface area contributed by atoms with Crippen LogP contribution in [0.1, 0.15) is 11.1 Å². The van der Waals surface area contributed by atoms with E-state index in [0.29, 0.717) is 0 Å². The molecule has 1 aromatic carbocycles. The van der Waals surface area contributed by atoms with Gasteiger partial charge in [0.1, 0.15) is 0 Å². The zero-order valence-electron chi connectivity index (χ0n) is 7.78. The SMILES string of the molecule is Cc1ccc(-n2c[c]cn2)cc1C. The fourth-order valence-electron chi connectivity index (χ4n) is 1.24. The van der Waals surface area contributed by atoms with E-state index in [1.54, 1.807) is 6.20 Å². The minimum Gasteiger partial charge on any atom is -0.240 e. The lowest BCUT2D eigenvalue weighted by atomic mass is 10.1. The molecule has 2 nitrogen and oxygen atoms in total. The standard InChI is InChI=1S/C11H11N2/c1-9-4-5-11(8-10(9)2)13-7-3-6-12-13/h4-8H,1-2H3. The van der Waals surface area contributed by atoms with Crippen molar-refractivity contribution in [1.82, 2.24) is 9.78 Å². The van der Waals surface area contributed by atoms with Crippen LogP contribution in [-0.2, 0) is 0 Å². The fourth-order valence-corrected chi connectivity index (χ4v) is 1.24. The average Bonchev–Trinajstić information content (AvgIpc) is 2.62. The van der Waals surface area contributed by atoms with Crippen molar-refractivity contribution in [2.24, 2.45) is 0 Å². The molecule has 0 bridgehead atoms. The zero-order valence-corrected chi connectivity index (χ0v) is 7.78. The first-order chi connectivity index (χ1) is 6.27. The van der Waals surface area contributed by atoms with Crippen LogP contribution in [0.3, 0.4) is 0 Å². The summed E-state index contributed by atoms with van der Waals surface area (Å²) in [6.45, 7) is 4.21. The summed E-state index contributed by atoms with van der Waals surface area (Å²) in [5.74, 6) is 0. The first-order valence-electron chi connectivity index (χ1n) is 4.26. The van der Waals surface area contributed by atoms with Crippen LogP contribution in [0.25, 0.3) is 5.69 Å². The van der Waals surface area contributed by atoms with Crippen LogP contribution in [0.5, 0.6) is 0 Å². The number of nitrogens with zero attached hydrogens (tertiary/aromatic N) is 2. The molecule has 0 aliphatic rings. The van der Waals surface area contributed by atoms with E-state index >= 15 is 0 Å². The van der Waals surface area contributed by atoms with E-state index < -0.39 is 0 Å². The number of aryl methyl sites for hydroxylation is 2. The van der Waals surface area contributed by atoms with Crippen molar-refractivity contribution in [1.29, 1.82) is 0 Å². The molecule has 0 fully saturated rings. The number of rotatable bonds is 1. The molecule has 65 valence electrons. The van der Waals surface area contributed by atoms with Gasteiger partial charge in [-0.25, -0.2) is 4.68 Å². The molecule has 0 aliphatic heterocycles. The molecule has 1 radical (unpaired) electrons. The summed E-state index contributed by atoms with van der Waals surface area (Å²) in [6.07, 6.45) is 3.49. The van der Waals surface area contributed by atoms with Gasteiger partial charge in [-0.1, -0.05) is 6.07 Å². The Bertz CT molecular complexity index is 402. The molecule has 0 unspecified atom stereocenters. The van der Waals surface area contributed by atoms with Crippen LogP contribution in [0, 0.1) is 19.9 Å². The largest absolute Gasteiger partial charge is 0.240 e. The van der Waals surface area contributed by atoms with Crippen LogP contribution in [0.4, 0.5) is 0 Å². The normalized spacial score (nSPS) is 10.3. The Morgan fingerprint density at radius 1 is 1.23 bits per heavy atom. The minimum atomic E-state index is 1.09. The summed E-state index contributed by atoms with van der Waals surface area (Å²) in [4.78, 5) is 0. The van der Waals surface area contributed by atoms with Gasteiger partial charge in [-0.2, -0.15) is 5.10 Å². The Morgan fingerprint density at radius 2 is 2.08 bits per heavy atom. The van der Waals surface area contributed by atoms with Gasteiger partial charge >= 0.3 is 0 Å². The lowest BCUT2D eigenvalue weighted by molar-refractivity contribution is 0.878. The third-order valence-corrected chi connectivity index (χ3v) is 2.21. The van der Waals surface area contributed by atoms with Gasteiger partial charge in [0, 0.05) is 12.3 Å². The number of aromatic nitrogens is 2. The van der Waals surface area contributed by atoms with Gasteiger partial charge < -0.3 is 0 Å².